The van der Waals surface area contributed by atoms with Crippen molar-refractivity contribution in [2.45, 2.75) is 19.9 Å². The fourth-order valence-corrected chi connectivity index (χ4v) is 1.52. The number of aromatic nitrogens is 4. The molecule has 0 aliphatic heterocycles. The number of rotatable bonds is 3. The molecule has 0 bridgehead atoms. The van der Waals surface area contributed by atoms with Crippen LogP contribution in [0.2, 0.25) is 0 Å². The third-order valence-electron chi connectivity index (χ3n) is 2.22. The molecule has 0 amide bonds. The van der Waals surface area contributed by atoms with Gasteiger partial charge in [-0.15, -0.1) is 0 Å². The summed E-state index contributed by atoms with van der Waals surface area (Å²) in [7, 11) is 1.93. The first kappa shape index (κ1) is 8.99. The van der Waals surface area contributed by atoms with Crippen molar-refractivity contribution >= 4 is 0 Å². The van der Waals surface area contributed by atoms with E-state index in [2.05, 4.69) is 21.6 Å². The van der Waals surface area contributed by atoms with Crippen LogP contribution in [0.3, 0.4) is 0 Å². The normalized spacial score (nSPS) is 10.7. The molecule has 4 nitrogen and oxygen atoms in total. The SMILES string of the molecule is CCc1nccn1Cc1ccn(C)n1. The molecule has 0 atom stereocenters. The summed E-state index contributed by atoms with van der Waals surface area (Å²) in [5.41, 5.74) is 1.07. The highest BCUT2D eigenvalue weighted by molar-refractivity contribution is 5.03. The van der Waals surface area contributed by atoms with Gasteiger partial charge in [0.05, 0.1) is 12.2 Å². The fourth-order valence-electron chi connectivity index (χ4n) is 1.52. The minimum Gasteiger partial charge on any atom is -0.329 e. The van der Waals surface area contributed by atoms with Crippen LogP contribution in [0.4, 0.5) is 0 Å². The molecule has 2 rings (SSSR count). The molecule has 0 unspecified atom stereocenters. The van der Waals surface area contributed by atoms with Crippen LogP contribution in [0.15, 0.2) is 24.7 Å². The first-order valence-electron chi connectivity index (χ1n) is 4.78. The van der Waals surface area contributed by atoms with Crippen molar-refractivity contribution < 1.29 is 0 Å². The topological polar surface area (TPSA) is 35.6 Å². The van der Waals surface area contributed by atoms with E-state index in [0.717, 1.165) is 24.5 Å². The monoisotopic (exact) mass is 190 g/mol. The molecule has 2 heterocycles. The second-order valence-corrected chi connectivity index (χ2v) is 3.31. The quantitative estimate of drug-likeness (QED) is 0.729. The van der Waals surface area contributed by atoms with Gasteiger partial charge in [0, 0.05) is 32.1 Å². The first-order chi connectivity index (χ1) is 6.79. The van der Waals surface area contributed by atoms with Crippen LogP contribution in [0.25, 0.3) is 0 Å². The minimum atomic E-state index is 0.810. The molecule has 2 aromatic heterocycles. The lowest BCUT2D eigenvalue weighted by molar-refractivity contribution is 0.681. The summed E-state index contributed by atoms with van der Waals surface area (Å²) in [6.45, 7) is 2.92. The van der Waals surface area contributed by atoms with Crippen molar-refractivity contribution in [2.75, 3.05) is 0 Å². The summed E-state index contributed by atoms with van der Waals surface area (Å²) >= 11 is 0. The maximum Gasteiger partial charge on any atom is 0.108 e. The van der Waals surface area contributed by atoms with Crippen LogP contribution in [-0.4, -0.2) is 19.3 Å². The van der Waals surface area contributed by atoms with Crippen molar-refractivity contribution in [3.05, 3.63) is 36.2 Å². The Labute approximate surface area is 83.2 Å². The highest BCUT2D eigenvalue weighted by Crippen LogP contribution is 2.03. The Morgan fingerprint density at radius 2 is 2.21 bits per heavy atom. The second kappa shape index (κ2) is 3.65. The van der Waals surface area contributed by atoms with Crippen LogP contribution in [-0.2, 0) is 20.0 Å². The van der Waals surface area contributed by atoms with Gasteiger partial charge in [-0.2, -0.15) is 5.10 Å². The molecule has 2 aromatic rings. The summed E-state index contributed by atoms with van der Waals surface area (Å²) < 4.78 is 3.94. The Kier molecular flexibility index (Phi) is 2.35. The number of nitrogens with zero attached hydrogens (tertiary/aromatic N) is 4. The molecule has 0 saturated heterocycles. The number of hydrogen-bond donors (Lipinski definition) is 0. The average Bonchev–Trinajstić information content (AvgIpc) is 2.76. The molecule has 0 aliphatic carbocycles. The van der Waals surface area contributed by atoms with Gasteiger partial charge in [0.1, 0.15) is 5.82 Å². The number of imidazole rings is 1. The molecule has 0 aliphatic rings. The van der Waals surface area contributed by atoms with Gasteiger partial charge in [-0.25, -0.2) is 4.98 Å². The number of hydrogen-bond acceptors (Lipinski definition) is 2. The van der Waals surface area contributed by atoms with Gasteiger partial charge >= 0.3 is 0 Å². The molecule has 0 fully saturated rings. The largest absolute Gasteiger partial charge is 0.329 e. The zero-order valence-corrected chi connectivity index (χ0v) is 8.51. The van der Waals surface area contributed by atoms with E-state index in [0.29, 0.717) is 0 Å². The van der Waals surface area contributed by atoms with Gasteiger partial charge in [0.25, 0.3) is 0 Å². The van der Waals surface area contributed by atoms with E-state index in [4.69, 9.17) is 0 Å². The Hall–Kier alpha value is -1.58. The summed E-state index contributed by atoms with van der Waals surface area (Å²) in [6.07, 6.45) is 6.74. The Balaban J connectivity index is 2.18. The van der Waals surface area contributed by atoms with Gasteiger partial charge in [-0.3, -0.25) is 4.68 Å². The lowest BCUT2D eigenvalue weighted by Gasteiger charge is -2.02. The van der Waals surface area contributed by atoms with Crippen LogP contribution in [0, 0.1) is 0 Å². The third kappa shape index (κ3) is 1.69. The Morgan fingerprint density at radius 1 is 1.36 bits per heavy atom. The molecule has 0 aromatic carbocycles. The second-order valence-electron chi connectivity index (χ2n) is 3.31. The molecule has 0 saturated carbocycles. The maximum atomic E-state index is 4.33. The van der Waals surface area contributed by atoms with E-state index in [1.54, 1.807) is 0 Å². The van der Waals surface area contributed by atoms with Crippen LogP contribution in [0.5, 0.6) is 0 Å². The van der Waals surface area contributed by atoms with Crippen LogP contribution >= 0.6 is 0 Å². The van der Waals surface area contributed by atoms with Gasteiger partial charge in [-0.05, 0) is 6.07 Å². The third-order valence-corrected chi connectivity index (χ3v) is 2.22. The van der Waals surface area contributed by atoms with E-state index in [1.165, 1.54) is 0 Å². The van der Waals surface area contributed by atoms with Gasteiger partial charge < -0.3 is 4.57 Å². The van der Waals surface area contributed by atoms with Crippen molar-refractivity contribution in [3.63, 3.8) is 0 Å². The first-order valence-corrected chi connectivity index (χ1v) is 4.78. The molecular weight excluding hydrogens is 176 g/mol. The van der Waals surface area contributed by atoms with E-state index in [1.807, 2.05) is 36.4 Å². The summed E-state index contributed by atoms with van der Waals surface area (Å²) in [6, 6.07) is 2.03. The van der Waals surface area contributed by atoms with E-state index >= 15 is 0 Å². The van der Waals surface area contributed by atoms with Crippen molar-refractivity contribution in [1.29, 1.82) is 0 Å². The highest BCUT2D eigenvalue weighted by atomic mass is 15.3. The lowest BCUT2D eigenvalue weighted by Crippen LogP contribution is -2.04. The minimum absolute atomic E-state index is 0.810. The zero-order chi connectivity index (χ0) is 9.97. The molecule has 4 heteroatoms. The van der Waals surface area contributed by atoms with Crippen molar-refractivity contribution in [3.8, 4) is 0 Å². The smallest absolute Gasteiger partial charge is 0.108 e. The van der Waals surface area contributed by atoms with E-state index in [9.17, 15) is 0 Å². The van der Waals surface area contributed by atoms with Crippen molar-refractivity contribution in [2.24, 2.45) is 7.05 Å². The average molecular weight is 190 g/mol. The molecule has 0 N–H and O–H groups in total. The molecular formula is C10H14N4. The number of aryl methyl sites for hydroxylation is 2. The van der Waals surface area contributed by atoms with Gasteiger partial charge in [0.2, 0.25) is 0 Å². The predicted octanol–water partition coefficient (Wildman–Crippen LogP) is 1.23. The Morgan fingerprint density at radius 3 is 2.86 bits per heavy atom. The van der Waals surface area contributed by atoms with Crippen molar-refractivity contribution in [1.82, 2.24) is 19.3 Å². The summed E-state index contributed by atoms with van der Waals surface area (Å²) in [4.78, 5) is 4.27. The highest BCUT2D eigenvalue weighted by Gasteiger charge is 2.02. The van der Waals surface area contributed by atoms with Gasteiger partial charge in [-0.1, -0.05) is 6.92 Å². The predicted molar refractivity (Wildman–Crippen MR) is 53.9 cm³/mol. The lowest BCUT2D eigenvalue weighted by atomic mass is 10.4. The fraction of sp³-hybridized carbons (Fsp3) is 0.400. The Bertz CT molecular complexity index is 413. The summed E-state index contributed by atoms with van der Waals surface area (Å²) in [5, 5.41) is 4.33. The maximum absolute atomic E-state index is 4.33. The standard InChI is InChI=1S/C10H14N4/c1-3-10-11-5-7-14(10)8-9-4-6-13(2)12-9/h4-7H,3,8H2,1-2H3. The van der Waals surface area contributed by atoms with E-state index < -0.39 is 0 Å². The molecule has 14 heavy (non-hydrogen) atoms. The zero-order valence-electron chi connectivity index (χ0n) is 8.51. The molecule has 0 spiro atoms. The molecule has 74 valence electrons. The van der Waals surface area contributed by atoms with E-state index in [-0.39, 0.29) is 0 Å². The van der Waals surface area contributed by atoms with Gasteiger partial charge in [0.15, 0.2) is 0 Å². The van der Waals surface area contributed by atoms with Crippen LogP contribution < -0.4 is 0 Å². The summed E-state index contributed by atoms with van der Waals surface area (Å²) in [5.74, 6) is 1.11. The van der Waals surface area contributed by atoms with Crippen LogP contribution in [0.1, 0.15) is 18.4 Å². The molecule has 0 radical (unpaired) electrons.